The number of ether oxygens (including phenoxy) is 2. The number of carbonyl (C=O) groups is 1. The monoisotopic (exact) mass is 384 g/mol. The van der Waals surface area contributed by atoms with Crippen molar-refractivity contribution >= 4 is 17.8 Å². The van der Waals surface area contributed by atoms with Crippen molar-refractivity contribution in [2.45, 2.75) is 33.6 Å². The number of amides is 1. The van der Waals surface area contributed by atoms with Crippen LogP contribution >= 0.6 is 0 Å². The molecule has 0 heterocycles. The molecule has 0 bridgehead atoms. The molecule has 0 radical (unpaired) electrons. The molecule has 0 aliphatic rings. The van der Waals surface area contributed by atoms with Crippen molar-refractivity contribution < 1.29 is 19.1 Å². The first-order chi connectivity index (χ1) is 13.5. The third kappa shape index (κ3) is 5.74. The van der Waals surface area contributed by atoms with E-state index >= 15 is 0 Å². The van der Waals surface area contributed by atoms with Crippen molar-refractivity contribution in [3.63, 3.8) is 0 Å². The highest BCUT2D eigenvalue weighted by Crippen LogP contribution is 2.28. The number of hydrogen-bond acceptors (Lipinski definition) is 5. The van der Waals surface area contributed by atoms with E-state index in [0.29, 0.717) is 24.0 Å². The van der Waals surface area contributed by atoms with Gasteiger partial charge in [0.05, 0.1) is 19.9 Å². The number of methoxy groups -OCH3 is 1. The highest BCUT2D eigenvalue weighted by Gasteiger charge is 2.12. The van der Waals surface area contributed by atoms with Gasteiger partial charge in [0.2, 0.25) is 0 Å². The summed E-state index contributed by atoms with van der Waals surface area (Å²) in [6, 6.07) is 11.4. The fourth-order valence-electron chi connectivity index (χ4n) is 2.75. The van der Waals surface area contributed by atoms with Crippen LogP contribution in [0.15, 0.2) is 41.6 Å². The number of nitrogens with zero attached hydrogens (tertiary/aromatic N) is 1. The second-order valence-corrected chi connectivity index (χ2v) is 6.59. The lowest BCUT2D eigenvalue weighted by Gasteiger charge is -2.16. The zero-order chi connectivity index (χ0) is 20.5. The molecule has 150 valence electrons. The summed E-state index contributed by atoms with van der Waals surface area (Å²) in [5.74, 6) is 1.34. The molecule has 0 unspecified atom stereocenters. The molecule has 2 rings (SSSR count). The van der Waals surface area contributed by atoms with Gasteiger partial charge in [-0.1, -0.05) is 37.2 Å². The number of nitrogens with one attached hydrogen (secondary N) is 1. The van der Waals surface area contributed by atoms with Gasteiger partial charge >= 0.3 is 0 Å². The van der Waals surface area contributed by atoms with Crippen LogP contribution in [-0.2, 0) is 9.63 Å². The minimum atomic E-state index is -0.252. The van der Waals surface area contributed by atoms with E-state index in [1.54, 1.807) is 13.2 Å². The number of hydrogen-bond donors (Lipinski definition) is 1. The molecular weight excluding hydrogens is 356 g/mol. The van der Waals surface area contributed by atoms with Crippen molar-refractivity contribution in [2.75, 3.05) is 25.6 Å². The van der Waals surface area contributed by atoms with Gasteiger partial charge in [0, 0.05) is 11.3 Å². The van der Waals surface area contributed by atoms with Crippen LogP contribution in [0.1, 0.15) is 43.4 Å². The summed E-state index contributed by atoms with van der Waals surface area (Å²) < 4.78 is 10.8. The Morgan fingerprint density at radius 1 is 1.21 bits per heavy atom. The minimum absolute atomic E-state index is 0.170. The zero-order valence-corrected chi connectivity index (χ0v) is 17.1. The summed E-state index contributed by atoms with van der Waals surface area (Å²) in [5.41, 5.74) is 3.73. The number of rotatable bonds is 9. The van der Waals surface area contributed by atoms with Gasteiger partial charge in [-0.05, 0) is 49.1 Å². The van der Waals surface area contributed by atoms with Gasteiger partial charge in [-0.2, -0.15) is 0 Å². The number of para-hydroxylation sites is 1. The van der Waals surface area contributed by atoms with Gasteiger partial charge in [0.15, 0.2) is 18.1 Å². The number of carbonyl (C=O) groups excluding carboxylic acids is 1. The molecule has 2 aromatic rings. The summed E-state index contributed by atoms with van der Waals surface area (Å²) in [5, 5.41) is 6.80. The third-order valence-electron chi connectivity index (χ3n) is 4.15. The number of aryl methyl sites for hydroxylation is 1. The molecular formula is C22H28N2O4. The van der Waals surface area contributed by atoms with E-state index in [1.165, 1.54) is 6.21 Å². The molecule has 2 aromatic carbocycles. The summed E-state index contributed by atoms with van der Waals surface area (Å²) in [6.07, 6.45) is 1.53. The van der Waals surface area contributed by atoms with E-state index in [4.69, 9.17) is 14.3 Å². The first-order valence-electron chi connectivity index (χ1n) is 9.31. The molecule has 0 aromatic heterocycles. The predicted octanol–water partition coefficient (Wildman–Crippen LogP) is 4.51. The molecule has 6 nitrogen and oxygen atoms in total. The van der Waals surface area contributed by atoms with Crippen molar-refractivity contribution in [3.05, 3.63) is 53.1 Å². The maximum Gasteiger partial charge on any atom is 0.265 e. The minimum Gasteiger partial charge on any atom is -0.493 e. The SMILES string of the molecule is CCOc1ccc(/C=N\OCC(=O)Nc2c(C)cccc2C(C)C)cc1OC. The lowest BCUT2D eigenvalue weighted by atomic mass is 9.98. The molecule has 0 spiro atoms. The van der Waals surface area contributed by atoms with Gasteiger partial charge in [-0.15, -0.1) is 0 Å². The Hall–Kier alpha value is -3.02. The van der Waals surface area contributed by atoms with Crippen LogP contribution in [0.5, 0.6) is 11.5 Å². The predicted molar refractivity (Wildman–Crippen MR) is 112 cm³/mol. The van der Waals surface area contributed by atoms with E-state index in [1.807, 2.05) is 44.2 Å². The second-order valence-electron chi connectivity index (χ2n) is 6.59. The highest BCUT2D eigenvalue weighted by atomic mass is 16.6. The largest absolute Gasteiger partial charge is 0.493 e. The topological polar surface area (TPSA) is 69.2 Å². The second kappa shape index (κ2) is 10.3. The van der Waals surface area contributed by atoms with Crippen LogP contribution in [0, 0.1) is 6.92 Å². The fourth-order valence-corrected chi connectivity index (χ4v) is 2.75. The molecule has 0 atom stereocenters. The Morgan fingerprint density at radius 2 is 2.00 bits per heavy atom. The Bertz CT molecular complexity index is 831. The first kappa shape index (κ1) is 21.3. The van der Waals surface area contributed by atoms with E-state index in [2.05, 4.69) is 24.3 Å². The standard InChI is InChI=1S/C22H28N2O4/c1-6-27-19-11-10-17(12-20(19)26-5)13-23-28-14-21(25)24-22-16(4)8-7-9-18(22)15(2)3/h7-13,15H,6,14H2,1-5H3,(H,24,25)/b23-13-. The molecule has 0 aliphatic heterocycles. The van der Waals surface area contributed by atoms with Gasteiger partial charge in [-0.25, -0.2) is 0 Å². The van der Waals surface area contributed by atoms with Gasteiger partial charge in [0.1, 0.15) is 0 Å². The van der Waals surface area contributed by atoms with E-state index in [-0.39, 0.29) is 12.5 Å². The lowest BCUT2D eigenvalue weighted by Crippen LogP contribution is -2.19. The van der Waals surface area contributed by atoms with E-state index in [0.717, 1.165) is 22.4 Å². The summed E-state index contributed by atoms with van der Waals surface area (Å²) in [7, 11) is 1.58. The molecule has 28 heavy (non-hydrogen) atoms. The van der Waals surface area contributed by atoms with Crippen LogP contribution in [0.4, 0.5) is 5.69 Å². The van der Waals surface area contributed by atoms with Crippen LogP contribution in [0.2, 0.25) is 0 Å². The first-order valence-corrected chi connectivity index (χ1v) is 9.31. The number of benzene rings is 2. The van der Waals surface area contributed by atoms with Crippen molar-refractivity contribution in [2.24, 2.45) is 5.16 Å². The van der Waals surface area contributed by atoms with Gasteiger partial charge in [-0.3, -0.25) is 4.79 Å². The highest BCUT2D eigenvalue weighted by molar-refractivity contribution is 5.93. The van der Waals surface area contributed by atoms with Crippen LogP contribution in [0.3, 0.4) is 0 Å². The van der Waals surface area contributed by atoms with Crippen LogP contribution in [0.25, 0.3) is 0 Å². The van der Waals surface area contributed by atoms with E-state index < -0.39 is 0 Å². The fraction of sp³-hybridized carbons (Fsp3) is 0.364. The summed E-state index contributed by atoms with van der Waals surface area (Å²) in [4.78, 5) is 17.4. The van der Waals surface area contributed by atoms with Crippen LogP contribution in [-0.4, -0.2) is 32.4 Å². The summed E-state index contributed by atoms with van der Waals surface area (Å²) in [6.45, 7) is 8.46. The van der Waals surface area contributed by atoms with E-state index in [9.17, 15) is 4.79 Å². The van der Waals surface area contributed by atoms with Crippen LogP contribution < -0.4 is 14.8 Å². The average molecular weight is 384 g/mol. The smallest absolute Gasteiger partial charge is 0.265 e. The Labute approximate surface area is 166 Å². The normalized spacial score (nSPS) is 10.9. The summed E-state index contributed by atoms with van der Waals surface area (Å²) >= 11 is 0. The van der Waals surface area contributed by atoms with Gasteiger partial charge < -0.3 is 19.6 Å². The third-order valence-corrected chi connectivity index (χ3v) is 4.15. The molecule has 0 saturated carbocycles. The van der Waals surface area contributed by atoms with Crippen molar-refractivity contribution in [1.29, 1.82) is 0 Å². The maximum atomic E-state index is 12.2. The molecule has 1 N–H and O–H groups in total. The maximum absolute atomic E-state index is 12.2. The zero-order valence-electron chi connectivity index (χ0n) is 17.1. The molecule has 0 fully saturated rings. The lowest BCUT2D eigenvalue weighted by molar-refractivity contribution is -0.120. The molecule has 0 saturated heterocycles. The van der Waals surface area contributed by atoms with Gasteiger partial charge in [0.25, 0.3) is 5.91 Å². The molecule has 6 heteroatoms. The van der Waals surface area contributed by atoms with Crippen molar-refractivity contribution in [1.82, 2.24) is 0 Å². The number of oxime groups is 1. The molecule has 1 amide bonds. The number of anilines is 1. The Morgan fingerprint density at radius 3 is 2.68 bits per heavy atom. The average Bonchev–Trinajstić information content (AvgIpc) is 2.67. The van der Waals surface area contributed by atoms with Crippen molar-refractivity contribution in [3.8, 4) is 11.5 Å². The molecule has 0 aliphatic carbocycles. The quantitative estimate of drug-likeness (QED) is 0.510. The Balaban J connectivity index is 1.94. The Kier molecular flexibility index (Phi) is 7.87.